The molecule has 0 spiro atoms. The molecule has 6 heteroatoms. The molecule has 0 amide bonds. The fraction of sp³-hybridized carbons (Fsp3) is 0.182. The van der Waals surface area contributed by atoms with E-state index in [0.29, 0.717) is 16.9 Å². The molecule has 0 aliphatic rings. The van der Waals surface area contributed by atoms with Gasteiger partial charge in [0.15, 0.2) is 0 Å². The molecule has 0 aliphatic heterocycles. The van der Waals surface area contributed by atoms with Crippen molar-refractivity contribution in [2.45, 2.75) is 6.43 Å². The summed E-state index contributed by atoms with van der Waals surface area (Å²) in [6.45, 7) is 0. The highest BCUT2D eigenvalue weighted by molar-refractivity contribution is 6.31. The van der Waals surface area contributed by atoms with Crippen LogP contribution in [-0.2, 0) is 7.05 Å². The predicted octanol–water partition coefficient (Wildman–Crippen LogP) is 3.26. The molecular weight excluding hydrogens is 248 g/mol. The fourth-order valence-corrected chi connectivity index (χ4v) is 1.91. The molecule has 17 heavy (non-hydrogen) atoms. The van der Waals surface area contributed by atoms with Crippen LogP contribution in [0.1, 0.15) is 12.0 Å². The van der Waals surface area contributed by atoms with E-state index in [2.05, 4.69) is 5.10 Å². The van der Waals surface area contributed by atoms with Gasteiger partial charge >= 0.3 is 0 Å². The summed E-state index contributed by atoms with van der Waals surface area (Å²) in [4.78, 5) is 0. The Balaban J connectivity index is 2.67. The normalized spacial score (nSPS) is 11.1. The summed E-state index contributed by atoms with van der Waals surface area (Å²) in [6, 6.07) is 4.59. The van der Waals surface area contributed by atoms with E-state index in [9.17, 15) is 8.78 Å². The number of nitrogen functional groups attached to an aromatic ring is 1. The molecule has 0 saturated carbocycles. The Labute approximate surface area is 102 Å². The van der Waals surface area contributed by atoms with E-state index < -0.39 is 6.43 Å². The molecule has 0 aliphatic carbocycles. The first-order valence-electron chi connectivity index (χ1n) is 4.86. The molecule has 0 bridgehead atoms. The zero-order chi connectivity index (χ0) is 12.6. The number of halogens is 3. The van der Waals surface area contributed by atoms with Gasteiger partial charge in [0.2, 0.25) is 0 Å². The SMILES string of the molecule is Cn1ncc(-c2cccc(Cl)c2C(F)F)c1N. The van der Waals surface area contributed by atoms with Gasteiger partial charge in [-0.3, -0.25) is 4.68 Å². The Morgan fingerprint density at radius 2 is 2.06 bits per heavy atom. The molecular formula is C11H10ClF2N3. The maximum absolute atomic E-state index is 13.0. The third kappa shape index (κ3) is 1.98. The minimum absolute atomic E-state index is 0.0285. The molecule has 0 radical (unpaired) electrons. The van der Waals surface area contributed by atoms with Crippen LogP contribution in [0.3, 0.4) is 0 Å². The van der Waals surface area contributed by atoms with E-state index in [1.807, 2.05) is 0 Å². The highest BCUT2D eigenvalue weighted by Crippen LogP contribution is 2.37. The number of nitrogens with zero attached hydrogens (tertiary/aromatic N) is 2. The van der Waals surface area contributed by atoms with Gasteiger partial charge in [0.25, 0.3) is 6.43 Å². The van der Waals surface area contributed by atoms with Crippen LogP contribution in [-0.4, -0.2) is 9.78 Å². The number of aryl methyl sites for hydroxylation is 1. The average molecular weight is 258 g/mol. The third-order valence-electron chi connectivity index (χ3n) is 2.55. The highest BCUT2D eigenvalue weighted by atomic mass is 35.5. The van der Waals surface area contributed by atoms with Crippen LogP contribution in [0.25, 0.3) is 11.1 Å². The van der Waals surface area contributed by atoms with Crippen molar-refractivity contribution in [3.05, 3.63) is 35.0 Å². The first-order valence-corrected chi connectivity index (χ1v) is 5.24. The number of hydrogen-bond acceptors (Lipinski definition) is 2. The standard InChI is InChI=1S/C11H10ClF2N3/c1-17-11(15)7(5-16-17)6-3-2-4-8(12)9(6)10(13)14/h2-5,10H,15H2,1H3. The molecule has 3 nitrogen and oxygen atoms in total. The summed E-state index contributed by atoms with van der Waals surface area (Å²) < 4.78 is 27.3. The van der Waals surface area contributed by atoms with Crippen LogP contribution in [0.5, 0.6) is 0 Å². The molecule has 1 aromatic carbocycles. The van der Waals surface area contributed by atoms with Gasteiger partial charge in [0.05, 0.1) is 11.2 Å². The van der Waals surface area contributed by atoms with E-state index in [1.54, 1.807) is 19.2 Å². The van der Waals surface area contributed by atoms with Gasteiger partial charge in [-0.1, -0.05) is 23.7 Å². The fourth-order valence-electron chi connectivity index (χ4n) is 1.65. The van der Waals surface area contributed by atoms with Crippen molar-refractivity contribution in [3.63, 3.8) is 0 Å². The van der Waals surface area contributed by atoms with Gasteiger partial charge in [-0.25, -0.2) is 8.78 Å². The Bertz CT molecular complexity index is 552. The van der Waals surface area contributed by atoms with Crippen LogP contribution in [0, 0.1) is 0 Å². The number of nitrogens with two attached hydrogens (primary N) is 1. The van der Waals surface area contributed by atoms with Crippen LogP contribution < -0.4 is 5.73 Å². The van der Waals surface area contributed by atoms with Gasteiger partial charge in [0, 0.05) is 18.2 Å². The van der Waals surface area contributed by atoms with E-state index >= 15 is 0 Å². The van der Waals surface area contributed by atoms with Gasteiger partial charge in [-0.05, 0) is 11.6 Å². The van der Waals surface area contributed by atoms with Crippen LogP contribution in [0.2, 0.25) is 5.02 Å². The van der Waals surface area contributed by atoms with Gasteiger partial charge in [-0.15, -0.1) is 0 Å². The van der Waals surface area contributed by atoms with Crippen molar-refractivity contribution in [2.24, 2.45) is 7.05 Å². The lowest BCUT2D eigenvalue weighted by Crippen LogP contribution is -1.99. The molecule has 1 aromatic heterocycles. The molecule has 2 rings (SSSR count). The van der Waals surface area contributed by atoms with Crippen molar-refractivity contribution in [1.82, 2.24) is 9.78 Å². The molecule has 2 N–H and O–H groups in total. The lowest BCUT2D eigenvalue weighted by molar-refractivity contribution is 0.152. The summed E-state index contributed by atoms with van der Waals surface area (Å²) in [6.07, 6.45) is -1.20. The number of anilines is 1. The topological polar surface area (TPSA) is 43.8 Å². The summed E-state index contributed by atoms with van der Waals surface area (Å²) in [5.74, 6) is 0.328. The molecule has 0 fully saturated rings. The van der Waals surface area contributed by atoms with Crippen molar-refractivity contribution in [2.75, 3.05) is 5.73 Å². The monoisotopic (exact) mass is 257 g/mol. The predicted molar refractivity (Wildman–Crippen MR) is 63.0 cm³/mol. The highest BCUT2D eigenvalue weighted by Gasteiger charge is 2.20. The van der Waals surface area contributed by atoms with E-state index in [-0.39, 0.29) is 10.6 Å². The Morgan fingerprint density at radius 1 is 1.35 bits per heavy atom. The number of hydrogen-bond donors (Lipinski definition) is 1. The Hall–Kier alpha value is -1.62. The van der Waals surface area contributed by atoms with E-state index in [1.165, 1.54) is 16.9 Å². The molecule has 0 atom stereocenters. The van der Waals surface area contributed by atoms with Crippen molar-refractivity contribution < 1.29 is 8.78 Å². The van der Waals surface area contributed by atoms with Gasteiger partial charge in [0.1, 0.15) is 5.82 Å². The summed E-state index contributed by atoms with van der Waals surface area (Å²) >= 11 is 5.79. The average Bonchev–Trinajstić information content (AvgIpc) is 2.59. The largest absolute Gasteiger partial charge is 0.383 e. The minimum atomic E-state index is -2.65. The smallest absolute Gasteiger partial charge is 0.265 e. The number of alkyl halides is 2. The van der Waals surface area contributed by atoms with Gasteiger partial charge < -0.3 is 5.73 Å². The number of rotatable bonds is 2. The second kappa shape index (κ2) is 4.33. The summed E-state index contributed by atoms with van der Waals surface area (Å²) in [5.41, 5.74) is 6.33. The van der Waals surface area contributed by atoms with Crippen LogP contribution in [0.4, 0.5) is 14.6 Å². The second-order valence-corrected chi connectivity index (χ2v) is 3.98. The zero-order valence-corrected chi connectivity index (χ0v) is 9.75. The minimum Gasteiger partial charge on any atom is -0.383 e. The Morgan fingerprint density at radius 3 is 2.59 bits per heavy atom. The van der Waals surface area contributed by atoms with E-state index in [0.717, 1.165) is 0 Å². The van der Waals surface area contributed by atoms with Crippen molar-refractivity contribution in [1.29, 1.82) is 0 Å². The molecule has 0 unspecified atom stereocenters. The van der Waals surface area contributed by atoms with Crippen LogP contribution >= 0.6 is 11.6 Å². The quantitative estimate of drug-likeness (QED) is 0.897. The summed E-state index contributed by atoms with van der Waals surface area (Å²) in [7, 11) is 1.64. The summed E-state index contributed by atoms with van der Waals surface area (Å²) in [5, 5.41) is 3.95. The van der Waals surface area contributed by atoms with Gasteiger partial charge in [-0.2, -0.15) is 5.10 Å². The molecule has 2 aromatic rings. The van der Waals surface area contributed by atoms with Crippen molar-refractivity contribution in [3.8, 4) is 11.1 Å². The van der Waals surface area contributed by atoms with Crippen molar-refractivity contribution >= 4 is 17.4 Å². The molecule has 1 heterocycles. The lowest BCUT2D eigenvalue weighted by atomic mass is 10.0. The van der Waals surface area contributed by atoms with Crippen LogP contribution in [0.15, 0.2) is 24.4 Å². The maximum Gasteiger partial charge on any atom is 0.265 e. The second-order valence-electron chi connectivity index (χ2n) is 3.57. The Kier molecular flexibility index (Phi) is 3.02. The number of benzene rings is 1. The third-order valence-corrected chi connectivity index (χ3v) is 2.88. The lowest BCUT2D eigenvalue weighted by Gasteiger charge is -2.10. The number of aromatic nitrogens is 2. The van der Waals surface area contributed by atoms with E-state index in [4.69, 9.17) is 17.3 Å². The molecule has 90 valence electrons. The maximum atomic E-state index is 13.0. The molecule has 0 saturated heterocycles. The zero-order valence-electron chi connectivity index (χ0n) is 8.99. The first kappa shape index (κ1) is 11.9. The first-order chi connectivity index (χ1) is 8.02.